The van der Waals surface area contributed by atoms with Crippen molar-refractivity contribution in [1.29, 1.82) is 0 Å². The Morgan fingerprint density at radius 1 is 1.28 bits per heavy atom. The summed E-state index contributed by atoms with van der Waals surface area (Å²) in [6, 6.07) is 6.24. The van der Waals surface area contributed by atoms with E-state index in [1.54, 1.807) is 6.92 Å². The van der Waals surface area contributed by atoms with Gasteiger partial charge in [-0.25, -0.2) is 4.98 Å². The van der Waals surface area contributed by atoms with E-state index in [1.807, 2.05) is 0 Å². The summed E-state index contributed by atoms with van der Waals surface area (Å²) >= 11 is 0. The second-order valence-corrected chi connectivity index (χ2v) is 5.22. The lowest BCUT2D eigenvalue weighted by molar-refractivity contribution is -0.137. The molecule has 0 saturated heterocycles. The Labute approximate surface area is 140 Å². The zero-order valence-corrected chi connectivity index (χ0v) is 13.0. The van der Waals surface area contributed by atoms with Gasteiger partial charge in [-0.3, -0.25) is 4.79 Å². The average molecular weight is 347 g/mol. The lowest BCUT2D eigenvalue weighted by atomic mass is 10.1. The van der Waals surface area contributed by atoms with E-state index in [4.69, 9.17) is 4.42 Å². The quantitative estimate of drug-likeness (QED) is 0.716. The number of aromatic nitrogens is 2. The molecule has 25 heavy (non-hydrogen) atoms. The van der Waals surface area contributed by atoms with Crippen LogP contribution in [0.15, 0.2) is 47.4 Å². The molecule has 3 rings (SSSR count). The molecular weight excluding hydrogens is 335 g/mol. The van der Waals surface area contributed by atoms with E-state index < -0.39 is 17.6 Å². The van der Waals surface area contributed by atoms with Crippen LogP contribution in [0.4, 0.5) is 19.0 Å². The number of alkyl halides is 3. The lowest BCUT2D eigenvalue weighted by Gasteiger charge is -2.07. The molecule has 0 radical (unpaired) electrons. The van der Waals surface area contributed by atoms with Crippen LogP contribution in [-0.4, -0.2) is 15.9 Å². The molecule has 8 heteroatoms. The van der Waals surface area contributed by atoms with Crippen LogP contribution in [0.3, 0.4) is 0 Å². The van der Waals surface area contributed by atoms with E-state index in [1.165, 1.54) is 18.2 Å². The highest BCUT2D eigenvalue weighted by atomic mass is 19.4. The summed E-state index contributed by atoms with van der Waals surface area (Å²) in [7, 11) is 0. The van der Waals surface area contributed by atoms with Crippen LogP contribution in [0.2, 0.25) is 0 Å². The molecule has 0 atom stereocenters. The predicted octanol–water partition coefficient (Wildman–Crippen LogP) is 4.34. The van der Waals surface area contributed by atoms with Gasteiger partial charge >= 0.3 is 6.18 Å². The van der Waals surface area contributed by atoms with Crippen molar-refractivity contribution in [3.63, 3.8) is 0 Å². The first-order valence-electron chi connectivity index (χ1n) is 7.17. The van der Waals surface area contributed by atoms with Crippen LogP contribution in [-0.2, 0) is 11.0 Å². The number of furan rings is 1. The highest BCUT2D eigenvalue weighted by Gasteiger charge is 2.30. The minimum absolute atomic E-state index is 0.166. The number of carbonyl (C=O) groups is 1. The van der Waals surface area contributed by atoms with Crippen molar-refractivity contribution in [3.05, 3.63) is 54.4 Å². The topological polar surface area (TPSA) is 68.0 Å². The maximum Gasteiger partial charge on any atom is 0.416 e. The highest BCUT2D eigenvalue weighted by molar-refractivity contribution is 6.03. The van der Waals surface area contributed by atoms with Crippen molar-refractivity contribution in [2.24, 2.45) is 0 Å². The number of rotatable bonds is 3. The second-order valence-electron chi connectivity index (χ2n) is 5.22. The number of amides is 1. The molecule has 3 aromatic rings. The monoisotopic (exact) mass is 347 g/mol. The number of fused-ring (bicyclic) bond motifs is 1. The van der Waals surface area contributed by atoms with E-state index in [0.29, 0.717) is 11.2 Å². The summed E-state index contributed by atoms with van der Waals surface area (Å²) < 4.78 is 44.2. The van der Waals surface area contributed by atoms with Gasteiger partial charge in [-0.05, 0) is 31.2 Å². The molecule has 2 heterocycles. The Bertz CT molecular complexity index is 977. The van der Waals surface area contributed by atoms with Crippen molar-refractivity contribution in [3.8, 4) is 11.3 Å². The third-order valence-corrected chi connectivity index (χ3v) is 3.41. The Balaban J connectivity index is 2.11. The van der Waals surface area contributed by atoms with E-state index in [9.17, 15) is 18.0 Å². The van der Waals surface area contributed by atoms with Crippen molar-refractivity contribution >= 4 is 22.8 Å². The SMILES string of the molecule is C=CC(=O)Nc1nc(C)nc2oc(-c3cccc(C(F)(F)F)c3)cc12. The highest BCUT2D eigenvalue weighted by Crippen LogP contribution is 2.35. The van der Waals surface area contributed by atoms with Crippen LogP contribution in [0.1, 0.15) is 11.4 Å². The summed E-state index contributed by atoms with van der Waals surface area (Å²) in [5.74, 6) is 0.266. The minimum atomic E-state index is -4.46. The van der Waals surface area contributed by atoms with Gasteiger partial charge in [-0.15, -0.1) is 0 Å². The van der Waals surface area contributed by atoms with Gasteiger partial charge in [0.15, 0.2) is 0 Å². The van der Waals surface area contributed by atoms with Gasteiger partial charge in [0.25, 0.3) is 0 Å². The average Bonchev–Trinajstić information content (AvgIpc) is 2.98. The van der Waals surface area contributed by atoms with Crippen LogP contribution in [0.5, 0.6) is 0 Å². The summed E-state index contributed by atoms with van der Waals surface area (Å²) in [6.45, 7) is 4.97. The second kappa shape index (κ2) is 6.04. The van der Waals surface area contributed by atoms with Gasteiger partial charge < -0.3 is 9.73 Å². The minimum Gasteiger partial charge on any atom is -0.438 e. The van der Waals surface area contributed by atoms with E-state index in [-0.39, 0.29) is 22.9 Å². The standard InChI is InChI=1S/C17H12F3N3O2/c1-3-14(24)23-15-12-8-13(25-16(12)22-9(2)21-15)10-5-4-6-11(7-10)17(18,19)20/h3-8H,1H2,2H3,(H,21,22,23,24). The largest absolute Gasteiger partial charge is 0.438 e. The first-order valence-corrected chi connectivity index (χ1v) is 7.17. The number of carbonyl (C=O) groups excluding carboxylic acids is 1. The van der Waals surface area contributed by atoms with E-state index in [2.05, 4.69) is 21.9 Å². The van der Waals surface area contributed by atoms with Crippen molar-refractivity contribution < 1.29 is 22.4 Å². The molecule has 0 aliphatic carbocycles. The van der Waals surface area contributed by atoms with Crippen molar-refractivity contribution in [1.82, 2.24) is 9.97 Å². The van der Waals surface area contributed by atoms with Crippen molar-refractivity contribution in [2.75, 3.05) is 5.32 Å². The first kappa shape index (κ1) is 16.7. The third kappa shape index (κ3) is 3.37. The molecule has 0 spiro atoms. The molecule has 0 aliphatic heterocycles. The predicted molar refractivity (Wildman–Crippen MR) is 85.8 cm³/mol. The van der Waals surface area contributed by atoms with E-state index in [0.717, 1.165) is 18.2 Å². The number of nitrogens with zero attached hydrogens (tertiary/aromatic N) is 2. The summed E-state index contributed by atoms with van der Waals surface area (Å²) in [5.41, 5.74) is -0.376. The van der Waals surface area contributed by atoms with Crippen molar-refractivity contribution in [2.45, 2.75) is 13.1 Å². The van der Waals surface area contributed by atoms with Gasteiger partial charge in [0, 0.05) is 5.56 Å². The van der Waals surface area contributed by atoms with Crippen LogP contribution in [0, 0.1) is 6.92 Å². The molecule has 0 saturated carbocycles. The van der Waals surface area contributed by atoms with Gasteiger partial charge in [-0.2, -0.15) is 18.2 Å². The molecule has 1 amide bonds. The number of halogens is 3. The Morgan fingerprint density at radius 2 is 2.04 bits per heavy atom. The lowest BCUT2D eigenvalue weighted by Crippen LogP contribution is -2.10. The van der Waals surface area contributed by atoms with E-state index >= 15 is 0 Å². The first-order chi connectivity index (χ1) is 11.8. The van der Waals surface area contributed by atoms with Crippen LogP contribution < -0.4 is 5.32 Å². The molecule has 0 aliphatic rings. The molecule has 2 aromatic heterocycles. The fourth-order valence-corrected chi connectivity index (χ4v) is 2.28. The molecule has 1 aromatic carbocycles. The molecule has 0 fully saturated rings. The zero-order chi connectivity index (χ0) is 18.2. The number of hydrogen-bond donors (Lipinski definition) is 1. The van der Waals surface area contributed by atoms with Gasteiger partial charge in [0.05, 0.1) is 10.9 Å². The maximum atomic E-state index is 12.9. The number of nitrogens with one attached hydrogen (secondary N) is 1. The van der Waals surface area contributed by atoms with Gasteiger partial charge in [-0.1, -0.05) is 18.7 Å². The molecule has 0 bridgehead atoms. The molecular formula is C17H12F3N3O2. The molecule has 5 nitrogen and oxygen atoms in total. The molecule has 1 N–H and O–H groups in total. The Kier molecular flexibility index (Phi) is 4.03. The Hall–Kier alpha value is -3.16. The normalized spacial score (nSPS) is 11.5. The summed E-state index contributed by atoms with van der Waals surface area (Å²) in [5, 5.41) is 2.91. The number of hydrogen-bond acceptors (Lipinski definition) is 4. The summed E-state index contributed by atoms with van der Waals surface area (Å²) in [6.07, 6.45) is -3.38. The fourth-order valence-electron chi connectivity index (χ4n) is 2.28. The van der Waals surface area contributed by atoms with Gasteiger partial charge in [0.2, 0.25) is 11.6 Å². The fraction of sp³-hybridized carbons (Fsp3) is 0.118. The number of benzene rings is 1. The number of aryl methyl sites for hydroxylation is 1. The maximum absolute atomic E-state index is 12.9. The van der Waals surface area contributed by atoms with Crippen LogP contribution >= 0.6 is 0 Å². The van der Waals surface area contributed by atoms with Gasteiger partial charge in [0.1, 0.15) is 17.4 Å². The zero-order valence-electron chi connectivity index (χ0n) is 13.0. The van der Waals surface area contributed by atoms with Crippen LogP contribution in [0.25, 0.3) is 22.4 Å². The Morgan fingerprint density at radius 3 is 2.72 bits per heavy atom. The smallest absolute Gasteiger partial charge is 0.416 e. The summed E-state index contributed by atoms with van der Waals surface area (Å²) in [4.78, 5) is 19.8. The molecule has 0 unspecified atom stereocenters. The number of anilines is 1. The molecule has 128 valence electrons. The third-order valence-electron chi connectivity index (χ3n) is 3.41.